The Bertz CT molecular complexity index is 1600. The van der Waals surface area contributed by atoms with Gasteiger partial charge in [-0.1, -0.05) is 12.1 Å². The molecule has 0 spiro atoms. The van der Waals surface area contributed by atoms with Crippen LogP contribution in [0.15, 0.2) is 54.6 Å². The van der Waals surface area contributed by atoms with Gasteiger partial charge < -0.3 is 24.6 Å². The number of fused-ring (bicyclic) bond motifs is 4. The van der Waals surface area contributed by atoms with Crippen LogP contribution in [0.1, 0.15) is 11.1 Å². The number of piperazine rings is 2. The Morgan fingerprint density at radius 3 is 1.90 bits per heavy atom. The fraction of sp³-hybridized carbons (Fsp3) is 0.323. The number of nitrogens with zero attached hydrogens (tertiary/aromatic N) is 5. The van der Waals surface area contributed by atoms with Gasteiger partial charge in [0, 0.05) is 80.8 Å². The first kappa shape index (κ1) is 25.3. The predicted octanol–water partition coefficient (Wildman–Crippen LogP) is 3.44. The van der Waals surface area contributed by atoms with Crippen LogP contribution in [0.5, 0.6) is 0 Å². The van der Waals surface area contributed by atoms with E-state index in [9.17, 15) is 9.59 Å². The molecule has 200 valence electrons. The minimum absolute atomic E-state index is 0.0568. The van der Waals surface area contributed by atoms with Crippen LogP contribution >= 0.6 is 0 Å². The Morgan fingerprint density at radius 1 is 0.718 bits per heavy atom. The summed E-state index contributed by atoms with van der Waals surface area (Å²) in [4.78, 5) is 42.0. The first-order valence-electron chi connectivity index (χ1n) is 13.6. The van der Waals surface area contributed by atoms with Gasteiger partial charge in [0.2, 0.25) is 11.8 Å². The monoisotopic (exact) mass is 522 g/mol. The highest BCUT2D eigenvalue weighted by Gasteiger charge is 2.18. The van der Waals surface area contributed by atoms with E-state index in [1.165, 1.54) is 0 Å². The molecule has 6 rings (SSSR count). The molecule has 39 heavy (non-hydrogen) atoms. The first-order chi connectivity index (χ1) is 18.9. The Hall–Kier alpha value is -4.01. The van der Waals surface area contributed by atoms with Crippen LogP contribution in [0.4, 0.5) is 0 Å². The van der Waals surface area contributed by atoms with E-state index in [0.29, 0.717) is 0 Å². The van der Waals surface area contributed by atoms with E-state index in [2.05, 4.69) is 47.1 Å². The minimum Gasteiger partial charge on any atom is -0.353 e. The summed E-state index contributed by atoms with van der Waals surface area (Å²) in [6.45, 7) is 6.71. The number of aromatic amines is 1. The van der Waals surface area contributed by atoms with Gasteiger partial charge in [-0.3, -0.25) is 9.59 Å². The number of nitrogens with one attached hydrogen (secondary N) is 1. The van der Waals surface area contributed by atoms with Crippen molar-refractivity contribution in [1.82, 2.24) is 29.6 Å². The number of rotatable bonds is 4. The molecule has 2 aliphatic rings. The number of hydrogen-bond donors (Lipinski definition) is 1. The third-order valence-electron chi connectivity index (χ3n) is 7.87. The quantitative estimate of drug-likeness (QED) is 0.416. The van der Waals surface area contributed by atoms with Gasteiger partial charge in [0.05, 0.1) is 16.6 Å². The number of pyridine rings is 1. The van der Waals surface area contributed by atoms with E-state index in [1.54, 1.807) is 12.2 Å². The average Bonchev–Trinajstić information content (AvgIpc) is 3.30. The molecule has 4 aromatic rings. The topological polar surface area (TPSA) is 75.8 Å². The lowest BCUT2D eigenvalue weighted by molar-refractivity contribution is -0.128. The maximum Gasteiger partial charge on any atom is 0.246 e. The third-order valence-corrected chi connectivity index (χ3v) is 7.87. The highest BCUT2D eigenvalue weighted by Crippen LogP contribution is 2.28. The Kier molecular flexibility index (Phi) is 6.89. The lowest BCUT2D eigenvalue weighted by Crippen LogP contribution is -2.46. The van der Waals surface area contributed by atoms with E-state index >= 15 is 0 Å². The number of aromatic nitrogens is 2. The van der Waals surface area contributed by atoms with Crippen LogP contribution in [0, 0.1) is 0 Å². The summed E-state index contributed by atoms with van der Waals surface area (Å²) in [5.41, 5.74) is 5.72. The summed E-state index contributed by atoms with van der Waals surface area (Å²) in [5.74, 6) is 0.115. The molecule has 1 N–H and O–H groups in total. The molecule has 2 aliphatic heterocycles. The van der Waals surface area contributed by atoms with Crippen LogP contribution in [-0.2, 0) is 9.59 Å². The van der Waals surface area contributed by atoms with Crippen molar-refractivity contribution in [2.24, 2.45) is 0 Å². The molecular weight excluding hydrogens is 488 g/mol. The molecule has 0 saturated carbocycles. The summed E-state index contributed by atoms with van der Waals surface area (Å²) >= 11 is 0. The van der Waals surface area contributed by atoms with Gasteiger partial charge >= 0.3 is 0 Å². The molecule has 0 unspecified atom stereocenters. The van der Waals surface area contributed by atoms with E-state index < -0.39 is 0 Å². The third kappa shape index (κ3) is 5.44. The molecule has 0 radical (unpaired) electrons. The maximum atomic E-state index is 12.6. The van der Waals surface area contributed by atoms with Gasteiger partial charge in [-0.05, 0) is 67.7 Å². The summed E-state index contributed by atoms with van der Waals surface area (Å²) in [6.07, 6.45) is 7.12. The lowest BCUT2D eigenvalue weighted by Gasteiger charge is -2.31. The molecular formula is C31H34N6O2. The fourth-order valence-electron chi connectivity index (χ4n) is 5.31. The highest BCUT2D eigenvalue weighted by atomic mass is 16.2. The van der Waals surface area contributed by atoms with Crippen LogP contribution in [0.25, 0.3) is 45.0 Å². The standard InChI is InChI=1S/C31H34N6O2/c1-34-11-15-36(16-12-34)29(38)9-5-22-3-7-26-24(19-22)21-28-31(33-26)25-20-23(4-8-27(25)32-28)6-10-30(39)37-17-13-35(2)14-18-37/h3-10,19-21,32H,11-18H2,1-2H3/b9-5+,10-6+. The molecule has 8 heteroatoms. The Morgan fingerprint density at radius 2 is 1.28 bits per heavy atom. The molecule has 0 aliphatic carbocycles. The van der Waals surface area contributed by atoms with Crippen molar-refractivity contribution >= 4 is 56.8 Å². The lowest BCUT2D eigenvalue weighted by atomic mass is 10.1. The fourth-order valence-corrected chi connectivity index (χ4v) is 5.31. The zero-order valence-corrected chi connectivity index (χ0v) is 22.6. The summed E-state index contributed by atoms with van der Waals surface area (Å²) in [7, 11) is 4.17. The van der Waals surface area contributed by atoms with Crippen molar-refractivity contribution in [2.75, 3.05) is 66.5 Å². The van der Waals surface area contributed by atoms with Crippen molar-refractivity contribution in [2.45, 2.75) is 0 Å². The largest absolute Gasteiger partial charge is 0.353 e. The van der Waals surface area contributed by atoms with Crippen molar-refractivity contribution in [3.63, 3.8) is 0 Å². The van der Waals surface area contributed by atoms with Gasteiger partial charge in [-0.2, -0.15) is 0 Å². The SMILES string of the molecule is CN1CCN(C(=O)/C=C/c2ccc3nc4c(cc3c2)[nH]c2ccc(/C=C/C(=O)N3CCN(C)CC3)cc24)CC1. The minimum atomic E-state index is 0.0568. The van der Waals surface area contributed by atoms with Crippen molar-refractivity contribution in [3.05, 3.63) is 65.7 Å². The average molecular weight is 523 g/mol. The summed E-state index contributed by atoms with van der Waals surface area (Å²) in [5, 5.41) is 2.05. The molecule has 2 amide bonds. The number of hydrogen-bond acceptors (Lipinski definition) is 5. The summed E-state index contributed by atoms with van der Waals surface area (Å²) < 4.78 is 0. The number of likely N-dealkylation sites (N-methyl/N-ethyl adjacent to an activating group) is 2. The number of carbonyl (C=O) groups excluding carboxylic acids is 2. The predicted molar refractivity (Wildman–Crippen MR) is 157 cm³/mol. The molecule has 2 saturated heterocycles. The van der Waals surface area contributed by atoms with Crippen molar-refractivity contribution in [1.29, 1.82) is 0 Å². The molecule has 4 heterocycles. The molecule has 0 bridgehead atoms. The zero-order valence-electron chi connectivity index (χ0n) is 22.6. The molecule has 8 nitrogen and oxygen atoms in total. The van der Waals surface area contributed by atoms with E-state index in [1.807, 2.05) is 46.2 Å². The number of carbonyl (C=O) groups is 2. The van der Waals surface area contributed by atoms with E-state index in [4.69, 9.17) is 4.98 Å². The van der Waals surface area contributed by atoms with Gasteiger partial charge in [0.15, 0.2) is 0 Å². The van der Waals surface area contributed by atoms with Crippen molar-refractivity contribution < 1.29 is 9.59 Å². The number of H-pyrrole nitrogens is 1. The molecule has 2 fully saturated rings. The van der Waals surface area contributed by atoms with Crippen LogP contribution in [0.2, 0.25) is 0 Å². The van der Waals surface area contributed by atoms with Crippen LogP contribution in [-0.4, -0.2) is 108 Å². The van der Waals surface area contributed by atoms with Gasteiger partial charge in [-0.15, -0.1) is 0 Å². The number of benzene rings is 2. The summed E-state index contributed by atoms with van der Waals surface area (Å²) in [6, 6.07) is 14.3. The van der Waals surface area contributed by atoms with Crippen LogP contribution < -0.4 is 0 Å². The smallest absolute Gasteiger partial charge is 0.246 e. The molecule has 2 aromatic carbocycles. The second-order valence-corrected chi connectivity index (χ2v) is 10.7. The molecule has 2 aromatic heterocycles. The van der Waals surface area contributed by atoms with Gasteiger partial charge in [-0.25, -0.2) is 4.98 Å². The first-order valence-corrected chi connectivity index (χ1v) is 13.6. The van der Waals surface area contributed by atoms with Gasteiger partial charge in [0.25, 0.3) is 0 Å². The normalized spacial score (nSPS) is 17.9. The van der Waals surface area contributed by atoms with Crippen molar-refractivity contribution in [3.8, 4) is 0 Å². The second-order valence-electron chi connectivity index (χ2n) is 10.7. The molecule has 0 atom stereocenters. The zero-order chi connectivity index (χ0) is 26.9. The maximum absolute atomic E-state index is 12.6. The van der Waals surface area contributed by atoms with E-state index in [0.717, 1.165) is 96.3 Å². The van der Waals surface area contributed by atoms with Crippen LogP contribution in [0.3, 0.4) is 0 Å². The Balaban J connectivity index is 1.22. The highest BCUT2D eigenvalue weighted by molar-refractivity contribution is 6.09. The number of amides is 2. The Labute approximate surface area is 228 Å². The van der Waals surface area contributed by atoms with E-state index in [-0.39, 0.29) is 11.8 Å². The van der Waals surface area contributed by atoms with Gasteiger partial charge in [0.1, 0.15) is 0 Å². The second kappa shape index (κ2) is 10.6.